The predicted octanol–water partition coefficient (Wildman–Crippen LogP) is 9.62. The fraction of sp³-hybridized carbons (Fsp3) is 0.750. The zero-order valence-corrected chi connectivity index (χ0v) is 23.7. The van der Waals surface area contributed by atoms with Crippen molar-refractivity contribution in [1.82, 2.24) is 0 Å². The van der Waals surface area contributed by atoms with Gasteiger partial charge in [0.05, 0.1) is 24.3 Å². The highest BCUT2D eigenvalue weighted by Gasteiger charge is 2.20. The van der Waals surface area contributed by atoms with Crippen molar-refractivity contribution in [3.63, 3.8) is 0 Å². The summed E-state index contributed by atoms with van der Waals surface area (Å²) >= 11 is 0. The monoisotopic (exact) mass is 502 g/mol. The van der Waals surface area contributed by atoms with Crippen molar-refractivity contribution >= 4 is 11.9 Å². The van der Waals surface area contributed by atoms with E-state index in [-0.39, 0.29) is 0 Å². The van der Waals surface area contributed by atoms with Crippen molar-refractivity contribution in [3.05, 3.63) is 34.9 Å². The Hall–Kier alpha value is -1.84. The molecule has 0 amide bonds. The standard InChI is InChI=1S/C32H54O4/c1-4-7-10-13-16-19-22-28-23-24-29(31(33)35-25-20-17-14-11-8-5-2)30(27-28)32(34)36-26-21-18-15-12-9-6-3/h23-24,27H,4-22,25-26H2,1-3H3. The Morgan fingerprint density at radius 3 is 1.44 bits per heavy atom. The van der Waals surface area contributed by atoms with Crippen molar-refractivity contribution in [2.24, 2.45) is 0 Å². The molecule has 1 aromatic carbocycles. The summed E-state index contributed by atoms with van der Waals surface area (Å²) in [5.74, 6) is -0.818. The molecule has 206 valence electrons. The van der Waals surface area contributed by atoms with Crippen LogP contribution in [0, 0.1) is 0 Å². The third kappa shape index (κ3) is 15.3. The molecule has 0 unspecified atom stereocenters. The molecule has 0 atom stereocenters. The first-order valence-electron chi connectivity index (χ1n) is 15.1. The second-order valence-electron chi connectivity index (χ2n) is 10.2. The number of hydrogen-bond donors (Lipinski definition) is 0. The van der Waals surface area contributed by atoms with Gasteiger partial charge in [0, 0.05) is 0 Å². The van der Waals surface area contributed by atoms with E-state index >= 15 is 0 Å². The zero-order chi connectivity index (χ0) is 26.3. The van der Waals surface area contributed by atoms with Crippen LogP contribution in [-0.2, 0) is 15.9 Å². The molecule has 1 rings (SSSR count). The number of aryl methyl sites for hydroxylation is 1. The quantitative estimate of drug-likeness (QED) is 0.110. The number of benzene rings is 1. The number of carbonyl (C=O) groups excluding carboxylic acids is 2. The van der Waals surface area contributed by atoms with E-state index in [1.54, 1.807) is 6.07 Å². The third-order valence-corrected chi connectivity index (χ3v) is 6.80. The average Bonchev–Trinajstić information content (AvgIpc) is 2.89. The number of esters is 2. The van der Waals surface area contributed by atoms with E-state index in [2.05, 4.69) is 20.8 Å². The van der Waals surface area contributed by atoms with Gasteiger partial charge in [0.2, 0.25) is 0 Å². The van der Waals surface area contributed by atoms with Gasteiger partial charge in [0.25, 0.3) is 0 Å². The Bertz CT molecular complexity index is 697. The van der Waals surface area contributed by atoms with Gasteiger partial charge in [-0.2, -0.15) is 0 Å². The molecule has 0 aromatic heterocycles. The molecule has 0 N–H and O–H groups in total. The lowest BCUT2D eigenvalue weighted by molar-refractivity contribution is 0.0450. The summed E-state index contributed by atoms with van der Waals surface area (Å²) in [4.78, 5) is 25.8. The molecule has 0 aliphatic rings. The predicted molar refractivity (Wildman–Crippen MR) is 151 cm³/mol. The van der Waals surface area contributed by atoms with Crippen molar-refractivity contribution < 1.29 is 19.1 Å². The molecule has 4 nitrogen and oxygen atoms in total. The van der Waals surface area contributed by atoms with Crippen LogP contribution in [-0.4, -0.2) is 25.2 Å². The molecule has 0 fully saturated rings. The summed E-state index contributed by atoms with van der Waals surface area (Å²) in [5.41, 5.74) is 1.78. The van der Waals surface area contributed by atoms with Gasteiger partial charge in [-0.25, -0.2) is 9.59 Å². The van der Waals surface area contributed by atoms with Gasteiger partial charge < -0.3 is 9.47 Å². The molecule has 0 aliphatic carbocycles. The molecule has 0 radical (unpaired) electrons. The van der Waals surface area contributed by atoms with Crippen molar-refractivity contribution in [1.29, 1.82) is 0 Å². The molecule has 0 aliphatic heterocycles. The van der Waals surface area contributed by atoms with Gasteiger partial charge in [0.1, 0.15) is 0 Å². The minimum absolute atomic E-state index is 0.334. The number of hydrogen-bond acceptors (Lipinski definition) is 4. The van der Waals surface area contributed by atoms with Crippen LogP contribution < -0.4 is 0 Å². The van der Waals surface area contributed by atoms with Crippen LogP contribution in [0.3, 0.4) is 0 Å². The third-order valence-electron chi connectivity index (χ3n) is 6.80. The van der Waals surface area contributed by atoms with Gasteiger partial charge in [0.15, 0.2) is 0 Å². The molecule has 0 bridgehead atoms. The highest BCUT2D eigenvalue weighted by atomic mass is 16.5. The van der Waals surface area contributed by atoms with E-state index in [4.69, 9.17) is 9.47 Å². The molecule has 1 aromatic rings. The maximum absolute atomic E-state index is 13.0. The SMILES string of the molecule is CCCCCCCCOC(=O)c1ccc(CCCCCCCC)cc1C(=O)OCCCCCCCC. The fourth-order valence-electron chi connectivity index (χ4n) is 4.45. The Labute approximate surface area is 221 Å². The maximum Gasteiger partial charge on any atom is 0.339 e. The summed E-state index contributed by atoms with van der Waals surface area (Å²) in [6.07, 6.45) is 21.9. The molecule has 0 spiro atoms. The van der Waals surface area contributed by atoms with Crippen LogP contribution in [0.15, 0.2) is 18.2 Å². The highest BCUT2D eigenvalue weighted by molar-refractivity contribution is 6.03. The van der Waals surface area contributed by atoms with Gasteiger partial charge >= 0.3 is 11.9 Å². The van der Waals surface area contributed by atoms with E-state index in [1.165, 1.54) is 83.5 Å². The minimum atomic E-state index is -0.416. The highest BCUT2D eigenvalue weighted by Crippen LogP contribution is 2.19. The van der Waals surface area contributed by atoms with Crippen LogP contribution >= 0.6 is 0 Å². The fourth-order valence-corrected chi connectivity index (χ4v) is 4.45. The lowest BCUT2D eigenvalue weighted by Crippen LogP contribution is -2.15. The first-order chi connectivity index (χ1) is 17.6. The number of rotatable bonds is 23. The van der Waals surface area contributed by atoms with E-state index in [0.29, 0.717) is 24.3 Å². The smallest absolute Gasteiger partial charge is 0.339 e. The van der Waals surface area contributed by atoms with Crippen LogP contribution in [0.1, 0.15) is 163 Å². The first-order valence-corrected chi connectivity index (χ1v) is 15.1. The van der Waals surface area contributed by atoms with Crippen LogP contribution in [0.4, 0.5) is 0 Å². The van der Waals surface area contributed by atoms with Crippen molar-refractivity contribution in [2.75, 3.05) is 13.2 Å². The maximum atomic E-state index is 13.0. The number of ether oxygens (including phenoxy) is 2. The van der Waals surface area contributed by atoms with Gasteiger partial charge in [-0.05, 0) is 43.4 Å². The Morgan fingerprint density at radius 2 is 0.944 bits per heavy atom. The molecule has 0 saturated heterocycles. The van der Waals surface area contributed by atoms with Crippen LogP contribution in [0.25, 0.3) is 0 Å². The second-order valence-corrected chi connectivity index (χ2v) is 10.2. The molecule has 0 saturated carbocycles. The Kier molecular flexibility index (Phi) is 20.0. The summed E-state index contributed by atoms with van der Waals surface area (Å²) in [7, 11) is 0. The van der Waals surface area contributed by atoms with E-state index in [9.17, 15) is 9.59 Å². The topological polar surface area (TPSA) is 52.6 Å². The summed E-state index contributed by atoms with van der Waals surface area (Å²) < 4.78 is 11.1. The second kappa shape index (κ2) is 22.4. The summed E-state index contributed by atoms with van der Waals surface area (Å²) in [5, 5.41) is 0. The van der Waals surface area contributed by atoms with Gasteiger partial charge in [-0.1, -0.05) is 123 Å². The summed E-state index contributed by atoms with van der Waals surface area (Å²) in [6, 6.07) is 5.59. The number of carbonyl (C=O) groups is 2. The van der Waals surface area contributed by atoms with E-state index in [0.717, 1.165) is 44.1 Å². The Balaban J connectivity index is 2.65. The lowest BCUT2D eigenvalue weighted by atomic mass is 9.99. The molecule has 0 heterocycles. The molecular weight excluding hydrogens is 448 g/mol. The lowest BCUT2D eigenvalue weighted by Gasteiger charge is -2.12. The first kappa shape index (κ1) is 32.2. The van der Waals surface area contributed by atoms with Gasteiger partial charge in [-0.15, -0.1) is 0 Å². The largest absolute Gasteiger partial charge is 0.462 e. The molecule has 4 heteroatoms. The van der Waals surface area contributed by atoms with Crippen LogP contribution in [0.2, 0.25) is 0 Å². The van der Waals surface area contributed by atoms with E-state index in [1.807, 2.05) is 12.1 Å². The number of unbranched alkanes of at least 4 members (excludes halogenated alkanes) is 15. The zero-order valence-electron chi connectivity index (χ0n) is 23.7. The normalized spacial score (nSPS) is 11.0. The minimum Gasteiger partial charge on any atom is -0.462 e. The van der Waals surface area contributed by atoms with Crippen molar-refractivity contribution in [2.45, 2.75) is 143 Å². The van der Waals surface area contributed by atoms with Crippen LogP contribution in [0.5, 0.6) is 0 Å². The average molecular weight is 503 g/mol. The molecular formula is C32H54O4. The summed E-state index contributed by atoms with van der Waals surface area (Å²) in [6.45, 7) is 7.44. The molecule has 36 heavy (non-hydrogen) atoms. The van der Waals surface area contributed by atoms with E-state index < -0.39 is 11.9 Å². The van der Waals surface area contributed by atoms with Crippen molar-refractivity contribution in [3.8, 4) is 0 Å². The Morgan fingerprint density at radius 1 is 0.528 bits per heavy atom. The van der Waals surface area contributed by atoms with Gasteiger partial charge in [-0.3, -0.25) is 0 Å².